The number of carbonyl (C=O) groups excluding carboxylic acids is 1. The monoisotopic (exact) mass is 295 g/mol. The van der Waals surface area contributed by atoms with Crippen LogP contribution in [0.4, 0.5) is 16.2 Å². The fourth-order valence-corrected chi connectivity index (χ4v) is 2.09. The number of rotatable bonds is 6. The molecule has 1 aromatic rings. The number of nitrogens with one attached hydrogen (secondary N) is 2. The van der Waals surface area contributed by atoms with Crippen molar-refractivity contribution < 1.29 is 14.8 Å². The summed E-state index contributed by atoms with van der Waals surface area (Å²) in [5.41, 5.74) is -0.765. The molecule has 1 unspecified atom stereocenters. The zero-order chi connectivity index (χ0) is 16.0. The number of nitro groups is 1. The minimum atomic E-state index is -0.992. The number of nitro benzene ring substituents is 1. The van der Waals surface area contributed by atoms with Crippen molar-refractivity contribution in [2.75, 3.05) is 11.9 Å². The van der Waals surface area contributed by atoms with E-state index >= 15 is 0 Å². The van der Waals surface area contributed by atoms with E-state index in [1.54, 1.807) is 13.0 Å². The lowest BCUT2D eigenvalue weighted by Gasteiger charge is -2.25. The van der Waals surface area contributed by atoms with Crippen molar-refractivity contribution in [1.29, 1.82) is 0 Å². The lowest BCUT2D eigenvalue weighted by atomic mass is 9.94. The molecule has 0 aliphatic carbocycles. The molecule has 3 N–H and O–H groups in total. The molecule has 0 aliphatic heterocycles. The standard InChI is InChI=1S/C14H21N3O4/c1-10(2)8-14(3,19)9-15-13(18)16-11-5-4-6-12(7-11)17(20)21/h4-7,10,19H,8-9H2,1-3H3,(H2,15,16,18). The molecule has 116 valence electrons. The van der Waals surface area contributed by atoms with Crippen LogP contribution in [-0.2, 0) is 0 Å². The Morgan fingerprint density at radius 1 is 1.48 bits per heavy atom. The van der Waals surface area contributed by atoms with E-state index in [4.69, 9.17) is 0 Å². The minimum Gasteiger partial charge on any atom is -0.388 e. The van der Waals surface area contributed by atoms with Crippen LogP contribution in [0.5, 0.6) is 0 Å². The molecule has 2 amide bonds. The first-order valence-corrected chi connectivity index (χ1v) is 6.71. The fraction of sp³-hybridized carbons (Fsp3) is 0.500. The lowest BCUT2D eigenvalue weighted by Crippen LogP contribution is -2.43. The second kappa shape index (κ2) is 7.03. The van der Waals surface area contributed by atoms with Crippen LogP contribution in [0.25, 0.3) is 0 Å². The summed E-state index contributed by atoms with van der Waals surface area (Å²) in [6.07, 6.45) is 0.560. The molecule has 0 fully saturated rings. The Bertz CT molecular complexity index is 515. The molecule has 1 aromatic carbocycles. The predicted octanol–water partition coefficient (Wildman–Crippen LogP) is 2.51. The molecule has 0 radical (unpaired) electrons. The van der Waals surface area contributed by atoms with E-state index in [-0.39, 0.29) is 12.2 Å². The summed E-state index contributed by atoms with van der Waals surface area (Å²) >= 11 is 0. The van der Waals surface area contributed by atoms with Crippen LogP contribution in [0.3, 0.4) is 0 Å². The average Bonchev–Trinajstić information content (AvgIpc) is 2.35. The second-order valence-electron chi connectivity index (χ2n) is 5.71. The largest absolute Gasteiger partial charge is 0.388 e. The van der Waals surface area contributed by atoms with Crippen molar-refractivity contribution >= 4 is 17.4 Å². The number of carbonyl (C=O) groups is 1. The highest BCUT2D eigenvalue weighted by molar-refractivity contribution is 5.89. The number of urea groups is 1. The van der Waals surface area contributed by atoms with Gasteiger partial charge < -0.3 is 15.7 Å². The summed E-state index contributed by atoms with van der Waals surface area (Å²) in [6.45, 7) is 5.72. The quantitative estimate of drug-likeness (QED) is 0.554. The summed E-state index contributed by atoms with van der Waals surface area (Å²) in [5.74, 6) is 0.307. The molecular formula is C14H21N3O4. The topological polar surface area (TPSA) is 104 Å². The number of hydrogen-bond acceptors (Lipinski definition) is 4. The first kappa shape index (κ1) is 16.9. The van der Waals surface area contributed by atoms with Gasteiger partial charge in [0.25, 0.3) is 5.69 Å². The third-order valence-electron chi connectivity index (χ3n) is 2.79. The highest BCUT2D eigenvalue weighted by Crippen LogP contribution is 2.17. The molecule has 0 aliphatic rings. The van der Waals surface area contributed by atoms with Gasteiger partial charge in [-0.15, -0.1) is 0 Å². The van der Waals surface area contributed by atoms with Gasteiger partial charge in [-0.25, -0.2) is 4.79 Å². The summed E-state index contributed by atoms with van der Waals surface area (Å²) in [4.78, 5) is 21.8. The number of aliphatic hydroxyl groups is 1. The molecular weight excluding hydrogens is 274 g/mol. The highest BCUT2D eigenvalue weighted by atomic mass is 16.6. The van der Waals surface area contributed by atoms with Crippen molar-refractivity contribution in [2.45, 2.75) is 32.8 Å². The molecule has 7 heteroatoms. The van der Waals surface area contributed by atoms with Crippen LogP contribution in [-0.4, -0.2) is 28.2 Å². The van der Waals surface area contributed by atoms with E-state index in [0.717, 1.165) is 0 Å². The first-order chi connectivity index (χ1) is 9.69. The predicted molar refractivity (Wildman–Crippen MR) is 80.2 cm³/mol. The molecule has 1 atom stereocenters. The van der Waals surface area contributed by atoms with Crippen molar-refractivity contribution in [3.8, 4) is 0 Å². The normalized spacial score (nSPS) is 13.6. The number of amides is 2. The Hall–Kier alpha value is -2.15. The Kier molecular flexibility index (Phi) is 5.66. The second-order valence-corrected chi connectivity index (χ2v) is 5.71. The summed E-state index contributed by atoms with van der Waals surface area (Å²) < 4.78 is 0. The first-order valence-electron chi connectivity index (χ1n) is 6.71. The third-order valence-corrected chi connectivity index (χ3v) is 2.79. The smallest absolute Gasteiger partial charge is 0.319 e. The van der Waals surface area contributed by atoms with Gasteiger partial charge in [-0.1, -0.05) is 19.9 Å². The average molecular weight is 295 g/mol. The molecule has 0 heterocycles. The molecule has 0 saturated heterocycles. The molecule has 21 heavy (non-hydrogen) atoms. The fourth-order valence-electron chi connectivity index (χ4n) is 2.09. The van der Waals surface area contributed by atoms with Crippen molar-refractivity contribution in [2.24, 2.45) is 5.92 Å². The summed E-state index contributed by atoms with van der Waals surface area (Å²) in [6, 6.07) is 5.14. The van der Waals surface area contributed by atoms with Crippen LogP contribution < -0.4 is 10.6 Å². The van der Waals surface area contributed by atoms with E-state index < -0.39 is 16.6 Å². The Morgan fingerprint density at radius 3 is 2.71 bits per heavy atom. The molecule has 0 spiro atoms. The molecule has 0 saturated carbocycles. The Morgan fingerprint density at radius 2 is 2.14 bits per heavy atom. The van der Waals surface area contributed by atoms with Gasteiger partial charge >= 0.3 is 6.03 Å². The van der Waals surface area contributed by atoms with Gasteiger partial charge in [0.1, 0.15) is 0 Å². The van der Waals surface area contributed by atoms with Crippen LogP contribution in [0.2, 0.25) is 0 Å². The highest BCUT2D eigenvalue weighted by Gasteiger charge is 2.22. The van der Waals surface area contributed by atoms with Gasteiger partial charge in [0.2, 0.25) is 0 Å². The van der Waals surface area contributed by atoms with Gasteiger partial charge in [-0.2, -0.15) is 0 Å². The van der Waals surface area contributed by atoms with E-state index in [1.165, 1.54) is 18.2 Å². The maximum Gasteiger partial charge on any atom is 0.319 e. The van der Waals surface area contributed by atoms with Crippen LogP contribution >= 0.6 is 0 Å². The third kappa shape index (κ3) is 6.22. The van der Waals surface area contributed by atoms with Gasteiger partial charge in [0.05, 0.1) is 10.5 Å². The maximum atomic E-state index is 11.7. The lowest BCUT2D eigenvalue weighted by molar-refractivity contribution is -0.384. The number of anilines is 1. The zero-order valence-corrected chi connectivity index (χ0v) is 12.4. The Labute approximate surface area is 123 Å². The van der Waals surface area contributed by atoms with Crippen LogP contribution in [0.15, 0.2) is 24.3 Å². The van der Waals surface area contributed by atoms with Crippen molar-refractivity contribution in [3.05, 3.63) is 34.4 Å². The number of hydrogen-bond donors (Lipinski definition) is 3. The number of non-ortho nitro benzene ring substituents is 1. The number of nitrogens with zero attached hydrogens (tertiary/aromatic N) is 1. The number of benzene rings is 1. The maximum absolute atomic E-state index is 11.7. The van der Waals surface area contributed by atoms with Gasteiger partial charge in [-0.3, -0.25) is 10.1 Å². The van der Waals surface area contributed by atoms with E-state index in [0.29, 0.717) is 18.0 Å². The van der Waals surface area contributed by atoms with E-state index in [2.05, 4.69) is 10.6 Å². The van der Waals surface area contributed by atoms with Crippen molar-refractivity contribution in [1.82, 2.24) is 5.32 Å². The van der Waals surface area contributed by atoms with Gasteiger partial charge in [-0.05, 0) is 25.3 Å². The Balaban J connectivity index is 2.54. The molecule has 0 aromatic heterocycles. The minimum absolute atomic E-state index is 0.0976. The summed E-state index contributed by atoms with van der Waals surface area (Å²) in [7, 11) is 0. The van der Waals surface area contributed by atoms with Crippen LogP contribution in [0, 0.1) is 16.0 Å². The van der Waals surface area contributed by atoms with Crippen LogP contribution in [0.1, 0.15) is 27.2 Å². The van der Waals surface area contributed by atoms with Crippen molar-refractivity contribution in [3.63, 3.8) is 0 Å². The molecule has 1 rings (SSSR count). The zero-order valence-electron chi connectivity index (χ0n) is 12.4. The molecule has 7 nitrogen and oxygen atoms in total. The van der Waals surface area contributed by atoms with Gasteiger partial charge in [0.15, 0.2) is 0 Å². The van der Waals surface area contributed by atoms with E-state index in [1.807, 2.05) is 13.8 Å². The SMILES string of the molecule is CC(C)CC(C)(O)CNC(=O)Nc1cccc([N+](=O)[O-])c1. The summed E-state index contributed by atoms with van der Waals surface area (Å²) in [5, 5.41) is 25.8. The molecule has 0 bridgehead atoms. The van der Waals surface area contributed by atoms with E-state index in [9.17, 15) is 20.0 Å². The van der Waals surface area contributed by atoms with Gasteiger partial charge in [0, 0.05) is 24.4 Å².